The number of hydrogen-bond acceptors (Lipinski definition) is 4. The minimum atomic E-state index is -4.10. The minimum absolute atomic E-state index is 0.00389. The molecule has 0 saturated carbocycles. The van der Waals surface area contributed by atoms with E-state index in [1.54, 1.807) is 38.1 Å². The number of nitrogens with zero attached hydrogens (tertiary/aromatic N) is 3. The molecule has 2 aromatic rings. The summed E-state index contributed by atoms with van der Waals surface area (Å²) >= 11 is 6.26. The van der Waals surface area contributed by atoms with Gasteiger partial charge in [0.15, 0.2) is 0 Å². The summed E-state index contributed by atoms with van der Waals surface area (Å²) in [7, 11) is -1.44. The monoisotopic (exact) mass is 498 g/mol. The summed E-state index contributed by atoms with van der Waals surface area (Å²) in [6.07, 6.45) is 0. The molecule has 0 unspecified atom stereocenters. The molecule has 11 heteroatoms. The number of carbonyl (C=O) groups is 2. The highest BCUT2D eigenvalue weighted by Crippen LogP contribution is 2.22. The average Bonchev–Trinajstić information content (AvgIpc) is 2.77. The predicted octanol–water partition coefficient (Wildman–Crippen LogP) is 2.65. The zero-order valence-electron chi connectivity index (χ0n) is 19.0. The van der Waals surface area contributed by atoms with Gasteiger partial charge in [-0.05, 0) is 49.7 Å². The molecule has 0 aliphatic heterocycles. The predicted molar refractivity (Wildman–Crippen MR) is 127 cm³/mol. The molecule has 0 aliphatic carbocycles. The second-order valence-electron chi connectivity index (χ2n) is 7.46. The summed E-state index contributed by atoms with van der Waals surface area (Å²) in [5.74, 6) is -1.55. The molecule has 8 nitrogen and oxygen atoms in total. The zero-order chi connectivity index (χ0) is 24.8. The van der Waals surface area contributed by atoms with Gasteiger partial charge >= 0.3 is 10.2 Å². The summed E-state index contributed by atoms with van der Waals surface area (Å²) in [5.41, 5.74) is 0.717. The van der Waals surface area contributed by atoms with Gasteiger partial charge in [0.05, 0.1) is 5.69 Å². The molecule has 0 fully saturated rings. The van der Waals surface area contributed by atoms with Gasteiger partial charge in [-0.2, -0.15) is 12.7 Å². The normalized spacial score (nSPS) is 12.3. The van der Waals surface area contributed by atoms with Crippen LogP contribution in [0.25, 0.3) is 0 Å². The van der Waals surface area contributed by atoms with Gasteiger partial charge in [0.25, 0.3) is 0 Å². The van der Waals surface area contributed by atoms with E-state index >= 15 is 0 Å². The molecule has 0 spiro atoms. The van der Waals surface area contributed by atoms with Gasteiger partial charge in [-0.1, -0.05) is 29.8 Å². The number of hydrogen-bond donors (Lipinski definition) is 1. The van der Waals surface area contributed by atoms with Gasteiger partial charge in [-0.3, -0.25) is 9.59 Å². The third kappa shape index (κ3) is 6.66. The fourth-order valence-corrected chi connectivity index (χ4v) is 4.29. The number of carbonyl (C=O) groups excluding carboxylic acids is 2. The van der Waals surface area contributed by atoms with Crippen molar-refractivity contribution in [1.29, 1.82) is 0 Å². The molecule has 0 radical (unpaired) electrons. The van der Waals surface area contributed by atoms with Crippen molar-refractivity contribution in [2.75, 3.05) is 31.5 Å². The molecule has 0 saturated heterocycles. The maximum absolute atomic E-state index is 13.4. The van der Waals surface area contributed by atoms with Crippen LogP contribution in [-0.4, -0.2) is 62.7 Å². The van der Waals surface area contributed by atoms with Crippen LogP contribution in [0.3, 0.4) is 0 Å². The van der Waals surface area contributed by atoms with E-state index in [1.165, 1.54) is 31.1 Å². The molecular weight excluding hydrogens is 471 g/mol. The number of halogens is 2. The molecule has 0 aromatic heterocycles. The van der Waals surface area contributed by atoms with Crippen molar-refractivity contribution in [3.63, 3.8) is 0 Å². The molecule has 33 heavy (non-hydrogen) atoms. The highest BCUT2D eigenvalue weighted by atomic mass is 35.5. The van der Waals surface area contributed by atoms with Gasteiger partial charge < -0.3 is 10.2 Å². The third-order valence-corrected chi connectivity index (χ3v) is 7.14. The van der Waals surface area contributed by atoms with Crippen molar-refractivity contribution in [2.45, 2.75) is 26.4 Å². The minimum Gasteiger partial charge on any atom is -0.355 e. The number of likely N-dealkylation sites (N-methyl/N-ethyl adjacent to an activating group) is 1. The maximum atomic E-state index is 13.4. The molecule has 1 N–H and O–H groups in total. The van der Waals surface area contributed by atoms with Crippen molar-refractivity contribution in [3.05, 3.63) is 64.9 Å². The summed E-state index contributed by atoms with van der Waals surface area (Å²) in [6.45, 7) is 3.08. The molecule has 2 aromatic carbocycles. The Kier molecular flexibility index (Phi) is 9.21. The fraction of sp³-hybridized carbons (Fsp3) is 0.364. The molecule has 180 valence electrons. The summed E-state index contributed by atoms with van der Waals surface area (Å²) < 4.78 is 41.2. The second-order valence-corrected chi connectivity index (χ2v) is 9.93. The molecule has 0 bridgehead atoms. The molecule has 2 rings (SSSR count). The van der Waals surface area contributed by atoms with Crippen LogP contribution in [0.5, 0.6) is 0 Å². The van der Waals surface area contributed by atoms with Gasteiger partial charge in [-0.15, -0.1) is 0 Å². The first-order chi connectivity index (χ1) is 15.5. The number of benzene rings is 2. The first-order valence-electron chi connectivity index (χ1n) is 10.2. The highest BCUT2D eigenvalue weighted by Gasteiger charge is 2.32. The van der Waals surface area contributed by atoms with Crippen LogP contribution in [0.4, 0.5) is 10.1 Å². The summed E-state index contributed by atoms with van der Waals surface area (Å²) in [4.78, 5) is 27.2. The van der Waals surface area contributed by atoms with Crippen LogP contribution in [0.15, 0.2) is 48.5 Å². The third-order valence-electron chi connectivity index (χ3n) is 4.95. The summed E-state index contributed by atoms with van der Waals surface area (Å²) in [5, 5.41) is 3.08. The molecule has 1 atom stereocenters. The van der Waals surface area contributed by atoms with Gasteiger partial charge in [0.1, 0.15) is 18.4 Å². The van der Waals surface area contributed by atoms with Crippen molar-refractivity contribution in [1.82, 2.24) is 14.5 Å². The Bertz CT molecular complexity index is 1080. The van der Waals surface area contributed by atoms with E-state index in [0.717, 1.165) is 20.7 Å². The fourth-order valence-electron chi connectivity index (χ4n) is 3.04. The van der Waals surface area contributed by atoms with E-state index in [4.69, 9.17) is 11.6 Å². The quantitative estimate of drug-likeness (QED) is 0.545. The van der Waals surface area contributed by atoms with Crippen molar-refractivity contribution in [2.24, 2.45) is 0 Å². The van der Waals surface area contributed by atoms with Crippen molar-refractivity contribution < 1.29 is 22.4 Å². The van der Waals surface area contributed by atoms with Crippen LogP contribution >= 0.6 is 11.6 Å². The maximum Gasteiger partial charge on any atom is 0.304 e. The second kappa shape index (κ2) is 11.4. The Morgan fingerprint density at radius 2 is 1.70 bits per heavy atom. The molecular formula is C22H28ClFN4O4S. The molecule has 0 aliphatic rings. The smallest absolute Gasteiger partial charge is 0.304 e. The Hall–Kier alpha value is -2.69. The number of rotatable bonds is 10. The lowest BCUT2D eigenvalue weighted by molar-refractivity contribution is -0.139. The average molecular weight is 499 g/mol. The first-order valence-corrected chi connectivity index (χ1v) is 12.0. The van der Waals surface area contributed by atoms with Gasteiger partial charge in [-0.25, -0.2) is 8.70 Å². The number of anilines is 1. The van der Waals surface area contributed by atoms with E-state index in [1.807, 2.05) is 0 Å². The lowest BCUT2D eigenvalue weighted by Gasteiger charge is -2.33. The van der Waals surface area contributed by atoms with Gasteiger partial charge in [0.2, 0.25) is 11.8 Å². The van der Waals surface area contributed by atoms with Crippen molar-refractivity contribution in [3.8, 4) is 0 Å². The molecule has 2 amide bonds. The molecule has 0 heterocycles. The van der Waals surface area contributed by atoms with E-state index in [9.17, 15) is 22.4 Å². The van der Waals surface area contributed by atoms with Crippen LogP contribution in [0.2, 0.25) is 5.02 Å². The lowest BCUT2D eigenvalue weighted by atomic mass is 10.1. The number of amides is 2. The van der Waals surface area contributed by atoms with Crippen LogP contribution in [0.1, 0.15) is 19.4 Å². The van der Waals surface area contributed by atoms with E-state index in [2.05, 4.69) is 5.32 Å². The van der Waals surface area contributed by atoms with Crippen LogP contribution in [0, 0.1) is 5.82 Å². The highest BCUT2D eigenvalue weighted by molar-refractivity contribution is 7.90. The van der Waals surface area contributed by atoms with E-state index in [0.29, 0.717) is 17.1 Å². The topological polar surface area (TPSA) is 90.0 Å². The van der Waals surface area contributed by atoms with Gasteiger partial charge in [0, 0.05) is 32.2 Å². The number of nitrogens with one attached hydrogen (secondary N) is 1. The Labute approximate surface area is 199 Å². The largest absolute Gasteiger partial charge is 0.355 e. The SMILES string of the molecule is CCNC(=O)[C@@H](C)N(Cc1ccccc1Cl)C(=O)CN(c1ccc(F)cc1)S(=O)(=O)N(C)C. The Morgan fingerprint density at radius 1 is 1.09 bits per heavy atom. The Balaban J connectivity index is 2.45. The van der Waals surface area contributed by atoms with Crippen LogP contribution in [-0.2, 0) is 26.3 Å². The van der Waals surface area contributed by atoms with Crippen molar-refractivity contribution >= 4 is 39.3 Å². The van der Waals surface area contributed by atoms with Crippen LogP contribution < -0.4 is 9.62 Å². The first kappa shape index (κ1) is 26.6. The standard InChI is InChI=1S/C22H28ClFN4O4S/c1-5-25-22(30)16(2)27(14-17-8-6-7-9-20(17)23)21(29)15-28(33(31,32)26(3)4)19-12-10-18(24)11-13-19/h6-13,16H,5,14-15H2,1-4H3,(H,25,30)/t16-/m1/s1. The lowest BCUT2D eigenvalue weighted by Crippen LogP contribution is -2.52. The zero-order valence-corrected chi connectivity index (χ0v) is 20.5. The summed E-state index contributed by atoms with van der Waals surface area (Å²) in [6, 6.07) is 10.7. The van der Waals surface area contributed by atoms with E-state index in [-0.39, 0.29) is 18.1 Å². The Morgan fingerprint density at radius 3 is 2.24 bits per heavy atom. The van der Waals surface area contributed by atoms with E-state index < -0.39 is 34.5 Å².